The van der Waals surface area contributed by atoms with E-state index in [2.05, 4.69) is 31.6 Å². The van der Waals surface area contributed by atoms with Crippen LogP contribution in [0.15, 0.2) is 6.20 Å². The molecule has 5 nitrogen and oxygen atoms in total. The summed E-state index contributed by atoms with van der Waals surface area (Å²) >= 11 is 1.81. The van der Waals surface area contributed by atoms with Gasteiger partial charge in [-0.3, -0.25) is 4.90 Å². The van der Waals surface area contributed by atoms with E-state index in [0.29, 0.717) is 6.04 Å². The molecule has 1 saturated heterocycles. The van der Waals surface area contributed by atoms with E-state index in [0.717, 1.165) is 29.7 Å². The zero-order valence-electron chi connectivity index (χ0n) is 13.0. The standard InChI is InChI=1S/C15H23N5S/c1-11-17-12(2)20(18-11)9-14-6-4-5-7-19(14)10-15-8-16-13(3)21-15/h8,14H,4-7,9-10H2,1-3H3/t14-/m1/s1. The minimum Gasteiger partial charge on any atom is -0.293 e. The molecular weight excluding hydrogens is 282 g/mol. The maximum atomic E-state index is 4.52. The van der Waals surface area contributed by atoms with E-state index in [1.54, 1.807) is 0 Å². The average Bonchev–Trinajstić information content (AvgIpc) is 2.98. The Labute approximate surface area is 130 Å². The number of likely N-dealkylation sites (tertiary alicyclic amines) is 1. The molecule has 2 aromatic heterocycles. The molecule has 0 spiro atoms. The first-order valence-corrected chi connectivity index (χ1v) is 8.47. The van der Waals surface area contributed by atoms with E-state index in [4.69, 9.17) is 0 Å². The van der Waals surface area contributed by atoms with Gasteiger partial charge in [0.25, 0.3) is 0 Å². The Hall–Kier alpha value is -1.27. The molecule has 1 aliphatic rings. The van der Waals surface area contributed by atoms with Gasteiger partial charge in [-0.15, -0.1) is 11.3 Å². The van der Waals surface area contributed by atoms with Gasteiger partial charge in [0.05, 0.1) is 11.6 Å². The lowest BCUT2D eigenvalue weighted by Gasteiger charge is -2.35. The van der Waals surface area contributed by atoms with Crippen LogP contribution in [0.4, 0.5) is 0 Å². The maximum absolute atomic E-state index is 4.52. The second-order valence-corrected chi connectivity index (χ2v) is 7.17. The summed E-state index contributed by atoms with van der Waals surface area (Å²) in [5, 5.41) is 5.67. The van der Waals surface area contributed by atoms with Crippen molar-refractivity contribution in [2.75, 3.05) is 6.54 Å². The molecule has 3 rings (SSSR count). The van der Waals surface area contributed by atoms with Gasteiger partial charge in [0.2, 0.25) is 0 Å². The van der Waals surface area contributed by atoms with E-state index < -0.39 is 0 Å². The van der Waals surface area contributed by atoms with Crippen molar-refractivity contribution in [3.05, 3.63) is 27.7 Å². The molecule has 0 aliphatic carbocycles. The molecule has 0 aromatic carbocycles. The van der Waals surface area contributed by atoms with Crippen LogP contribution in [-0.2, 0) is 13.1 Å². The van der Waals surface area contributed by atoms with Crippen molar-refractivity contribution in [1.82, 2.24) is 24.6 Å². The molecule has 0 bridgehead atoms. The average molecular weight is 305 g/mol. The van der Waals surface area contributed by atoms with Crippen LogP contribution in [0.25, 0.3) is 0 Å². The number of nitrogens with zero attached hydrogens (tertiary/aromatic N) is 5. The van der Waals surface area contributed by atoms with Gasteiger partial charge in [0.15, 0.2) is 0 Å². The smallest absolute Gasteiger partial charge is 0.147 e. The minimum absolute atomic E-state index is 0.556. The Balaban J connectivity index is 1.70. The molecule has 0 saturated carbocycles. The number of piperidine rings is 1. The normalized spacial score (nSPS) is 20.0. The summed E-state index contributed by atoms with van der Waals surface area (Å²) in [6, 6.07) is 0.556. The van der Waals surface area contributed by atoms with Gasteiger partial charge in [-0.1, -0.05) is 6.42 Å². The number of hydrogen-bond acceptors (Lipinski definition) is 5. The summed E-state index contributed by atoms with van der Waals surface area (Å²) in [5.74, 6) is 1.89. The third kappa shape index (κ3) is 3.49. The minimum atomic E-state index is 0.556. The first kappa shape index (κ1) is 14.7. The van der Waals surface area contributed by atoms with E-state index in [-0.39, 0.29) is 0 Å². The summed E-state index contributed by atoms with van der Waals surface area (Å²) in [6.45, 7) is 9.22. The number of thiazole rings is 1. The van der Waals surface area contributed by atoms with Gasteiger partial charge in [0, 0.05) is 23.7 Å². The van der Waals surface area contributed by atoms with Crippen LogP contribution < -0.4 is 0 Å². The first-order chi connectivity index (χ1) is 10.1. The number of aryl methyl sites for hydroxylation is 3. The molecule has 3 heterocycles. The number of aromatic nitrogens is 4. The predicted molar refractivity (Wildman–Crippen MR) is 84.4 cm³/mol. The van der Waals surface area contributed by atoms with E-state index in [1.807, 2.05) is 31.4 Å². The van der Waals surface area contributed by atoms with Gasteiger partial charge in [-0.2, -0.15) is 5.10 Å². The lowest BCUT2D eigenvalue weighted by molar-refractivity contribution is 0.122. The van der Waals surface area contributed by atoms with Crippen molar-refractivity contribution >= 4 is 11.3 Å². The number of rotatable bonds is 4. The highest BCUT2D eigenvalue weighted by Crippen LogP contribution is 2.23. The van der Waals surface area contributed by atoms with Crippen LogP contribution in [0, 0.1) is 20.8 Å². The SMILES string of the molecule is Cc1nc(C)n(C[C@H]2CCCCN2Cc2cnc(C)s2)n1. The Morgan fingerprint density at radius 1 is 1.29 bits per heavy atom. The van der Waals surface area contributed by atoms with E-state index in [1.165, 1.54) is 30.7 Å². The highest BCUT2D eigenvalue weighted by Gasteiger charge is 2.24. The lowest BCUT2D eigenvalue weighted by atomic mass is 10.0. The molecule has 1 atom stereocenters. The van der Waals surface area contributed by atoms with Gasteiger partial charge in [0.1, 0.15) is 11.6 Å². The second-order valence-electron chi connectivity index (χ2n) is 5.85. The van der Waals surface area contributed by atoms with Gasteiger partial charge >= 0.3 is 0 Å². The molecule has 6 heteroatoms. The van der Waals surface area contributed by atoms with Crippen molar-refractivity contribution in [2.45, 2.75) is 59.2 Å². The lowest BCUT2D eigenvalue weighted by Crippen LogP contribution is -2.41. The Bertz CT molecular complexity index is 603. The van der Waals surface area contributed by atoms with Crippen LogP contribution in [-0.4, -0.2) is 37.2 Å². The largest absolute Gasteiger partial charge is 0.293 e. The summed E-state index contributed by atoms with van der Waals surface area (Å²) in [7, 11) is 0. The van der Waals surface area contributed by atoms with Crippen molar-refractivity contribution in [3.8, 4) is 0 Å². The highest BCUT2D eigenvalue weighted by atomic mass is 32.1. The molecule has 0 N–H and O–H groups in total. The monoisotopic (exact) mass is 305 g/mol. The molecule has 0 amide bonds. The van der Waals surface area contributed by atoms with Crippen LogP contribution in [0.5, 0.6) is 0 Å². The quantitative estimate of drug-likeness (QED) is 0.871. The molecular formula is C15H23N5S. The third-order valence-electron chi connectivity index (χ3n) is 4.12. The van der Waals surface area contributed by atoms with Crippen molar-refractivity contribution in [3.63, 3.8) is 0 Å². The topological polar surface area (TPSA) is 46.8 Å². The van der Waals surface area contributed by atoms with Gasteiger partial charge in [-0.05, 0) is 40.2 Å². The van der Waals surface area contributed by atoms with E-state index >= 15 is 0 Å². The Kier molecular flexibility index (Phi) is 4.35. The molecule has 0 unspecified atom stereocenters. The maximum Gasteiger partial charge on any atom is 0.147 e. The van der Waals surface area contributed by atoms with E-state index in [9.17, 15) is 0 Å². The fourth-order valence-electron chi connectivity index (χ4n) is 3.09. The Morgan fingerprint density at radius 2 is 2.14 bits per heavy atom. The van der Waals surface area contributed by atoms with Crippen LogP contribution in [0.3, 0.4) is 0 Å². The molecule has 1 aliphatic heterocycles. The Morgan fingerprint density at radius 3 is 2.81 bits per heavy atom. The van der Waals surface area contributed by atoms with Gasteiger partial charge in [-0.25, -0.2) is 14.6 Å². The summed E-state index contributed by atoms with van der Waals surface area (Å²) < 4.78 is 2.07. The summed E-state index contributed by atoms with van der Waals surface area (Å²) in [5.41, 5.74) is 0. The molecule has 21 heavy (non-hydrogen) atoms. The van der Waals surface area contributed by atoms with Gasteiger partial charge < -0.3 is 0 Å². The fourth-order valence-corrected chi connectivity index (χ4v) is 3.91. The summed E-state index contributed by atoms with van der Waals surface area (Å²) in [6.07, 6.45) is 5.88. The molecule has 0 radical (unpaired) electrons. The number of hydrogen-bond donors (Lipinski definition) is 0. The van der Waals surface area contributed by atoms with Crippen LogP contribution in [0.1, 0.15) is 40.8 Å². The first-order valence-electron chi connectivity index (χ1n) is 7.65. The van der Waals surface area contributed by atoms with Crippen molar-refractivity contribution in [1.29, 1.82) is 0 Å². The van der Waals surface area contributed by atoms with Crippen molar-refractivity contribution in [2.24, 2.45) is 0 Å². The second kappa shape index (κ2) is 6.23. The molecule has 1 fully saturated rings. The van der Waals surface area contributed by atoms with Crippen LogP contribution >= 0.6 is 11.3 Å². The van der Waals surface area contributed by atoms with Crippen molar-refractivity contribution < 1.29 is 0 Å². The fraction of sp³-hybridized carbons (Fsp3) is 0.667. The zero-order chi connectivity index (χ0) is 14.8. The molecule has 114 valence electrons. The van der Waals surface area contributed by atoms with Crippen LogP contribution in [0.2, 0.25) is 0 Å². The summed E-state index contributed by atoms with van der Waals surface area (Å²) in [4.78, 5) is 12.7. The zero-order valence-corrected chi connectivity index (χ0v) is 13.9. The third-order valence-corrected chi connectivity index (χ3v) is 5.02. The molecule has 2 aromatic rings. The highest BCUT2D eigenvalue weighted by molar-refractivity contribution is 7.11. The predicted octanol–water partition coefficient (Wildman–Crippen LogP) is 2.71.